The Morgan fingerprint density at radius 3 is 2.29 bits per heavy atom. The van der Waals surface area contributed by atoms with Crippen LogP contribution in [0, 0.1) is 28.4 Å². The van der Waals surface area contributed by atoms with Gasteiger partial charge in [-0.3, -0.25) is 14.9 Å². The molecule has 3 rings (SSSR count). The van der Waals surface area contributed by atoms with Crippen molar-refractivity contribution in [2.45, 2.75) is 33.8 Å². The highest BCUT2D eigenvalue weighted by molar-refractivity contribution is 7.14. The Balaban J connectivity index is 1.83. The highest BCUT2D eigenvalue weighted by atomic mass is 32.1. The van der Waals surface area contributed by atoms with E-state index in [0.29, 0.717) is 33.1 Å². The number of Topliss-reactive ketones (excluding diaryl/α,β-unsaturated/α-hetero) is 1. The van der Waals surface area contributed by atoms with Gasteiger partial charge < -0.3 is 18.9 Å². The summed E-state index contributed by atoms with van der Waals surface area (Å²) in [6.07, 6.45) is 1.09. The number of allylic oxidation sites excluding steroid dienone is 1. The molecule has 0 spiro atoms. The topological polar surface area (TPSA) is 155 Å². The van der Waals surface area contributed by atoms with Crippen molar-refractivity contribution < 1.29 is 38.3 Å². The maximum atomic E-state index is 13.2. The van der Waals surface area contributed by atoms with Gasteiger partial charge in [0.05, 0.1) is 36.4 Å². The Bertz CT molecular complexity index is 1570. The fraction of sp³-hybridized carbons (Fsp3) is 0.267. The van der Waals surface area contributed by atoms with Crippen LogP contribution >= 0.6 is 11.3 Å². The summed E-state index contributed by atoms with van der Waals surface area (Å²) < 4.78 is 21.4. The van der Waals surface area contributed by atoms with Crippen molar-refractivity contribution in [1.29, 1.82) is 5.26 Å². The van der Waals surface area contributed by atoms with E-state index >= 15 is 0 Å². The van der Waals surface area contributed by atoms with Crippen LogP contribution in [0.4, 0.5) is 5.69 Å². The standard InChI is InChI=1S/C30H28N2O9S/c1-5-39-29(34)27-18(3)28(30(35)40-6-2)42-26(27)15-23(33)21(16-31)13-20-9-12-24(25(14-20)38-4)41-17-19-7-10-22(11-8-19)32(36)37/h7-14H,5-6,15,17H2,1-4H3/b21-13+. The lowest BCUT2D eigenvalue weighted by molar-refractivity contribution is -0.384. The summed E-state index contributed by atoms with van der Waals surface area (Å²) in [6.45, 7) is 5.27. The highest BCUT2D eigenvalue weighted by Gasteiger charge is 2.28. The number of carbonyl (C=O) groups excluding carboxylic acids is 3. The Morgan fingerprint density at radius 1 is 1.02 bits per heavy atom. The molecule has 0 aliphatic carbocycles. The van der Waals surface area contributed by atoms with E-state index in [1.165, 1.54) is 25.3 Å². The molecule has 3 aromatic rings. The summed E-state index contributed by atoms with van der Waals surface area (Å²) in [6, 6.07) is 12.7. The van der Waals surface area contributed by atoms with Gasteiger partial charge in [-0.1, -0.05) is 6.07 Å². The van der Waals surface area contributed by atoms with Crippen LogP contribution in [-0.2, 0) is 27.3 Å². The van der Waals surface area contributed by atoms with Gasteiger partial charge in [-0.25, -0.2) is 9.59 Å². The number of rotatable bonds is 13. The average molecular weight is 593 g/mol. The van der Waals surface area contributed by atoms with E-state index < -0.39 is 22.6 Å². The predicted octanol–water partition coefficient (Wildman–Crippen LogP) is 5.62. The molecule has 0 aliphatic heterocycles. The highest BCUT2D eigenvalue weighted by Crippen LogP contribution is 2.32. The van der Waals surface area contributed by atoms with Crippen molar-refractivity contribution in [2.24, 2.45) is 0 Å². The summed E-state index contributed by atoms with van der Waals surface area (Å²) in [5, 5.41) is 20.6. The molecule has 0 fully saturated rings. The van der Waals surface area contributed by atoms with Crippen LogP contribution in [0.2, 0.25) is 0 Å². The van der Waals surface area contributed by atoms with E-state index in [2.05, 4.69) is 0 Å². The van der Waals surface area contributed by atoms with Crippen molar-refractivity contribution in [2.75, 3.05) is 20.3 Å². The van der Waals surface area contributed by atoms with Gasteiger partial charge in [0.25, 0.3) is 5.69 Å². The molecule has 0 saturated heterocycles. The van der Waals surface area contributed by atoms with E-state index in [9.17, 15) is 29.8 Å². The van der Waals surface area contributed by atoms with E-state index in [-0.39, 0.29) is 47.9 Å². The Hall–Kier alpha value is -5.02. The molecule has 0 atom stereocenters. The van der Waals surface area contributed by atoms with Gasteiger partial charge in [0.15, 0.2) is 17.3 Å². The second-order valence-electron chi connectivity index (χ2n) is 8.69. The lowest BCUT2D eigenvalue weighted by atomic mass is 10.0. The van der Waals surface area contributed by atoms with Gasteiger partial charge in [0, 0.05) is 23.4 Å². The number of ether oxygens (including phenoxy) is 4. The van der Waals surface area contributed by atoms with Crippen LogP contribution in [0.5, 0.6) is 11.5 Å². The molecule has 0 amide bonds. The number of nitrogens with zero attached hydrogens (tertiary/aromatic N) is 2. The Kier molecular flexibility index (Phi) is 10.9. The SMILES string of the molecule is CCOC(=O)c1sc(CC(=O)/C(C#N)=C/c2ccc(OCc3ccc([N+](=O)[O-])cc3)c(OC)c2)c(C(=O)OCC)c1C. The van der Waals surface area contributed by atoms with Crippen LogP contribution in [0.25, 0.3) is 6.08 Å². The summed E-state index contributed by atoms with van der Waals surface area (Å²) in [7, 11) is 1.44. The lowest BCUT2D eigenvalue weighted by Gasteiger charge is -2.11. The number of nitriles is 1. The van der Waals surface area contributed by atoms with Crippen LogP contribution in [-0.4, -0.2) is 43.0 Å². The molecule has 1 aromatic heterocycles. The molecule has 0 saturated carbocycles. The number of nitro benzene ring substituents is 1. The zero-order chi connectivity index (χ0) is 30.8. The molecule has 0 aliphatic rings. The molecule has 42 heavy (non-hydrogen) atoms. The molecular weight excluding hydrogens is 564 g/mol. The number of nitro groups is 1. The van der Waals surface area contributed by atoms with Gasteiger partial charge in [0.1, 0.15) is 17.6 Å². The zero-order valence-corrected chi connectivity index (χ0v) is 24.2. The Labute approximate surface area is 246 Å². The van der Waals surface area contributed by atoms with Crippen molar-refractivity contribution >= 4 is 40.8 Å². The van der Waals surface area contributed by atoms with Crippen molar-refractivity contribution in [3.63, 3.8) is 0 Å². The van der Waals surface area contributed by atoms with E-state index in [1.807, 2.05) is 6.07 Å². The number of ketones is 1. The number of esters is 2. The van der Waals surface area contributed by atoms with Gasteiger partial charge in [0.2, 0.25) is 0 Å². The maximum absolute atomic E-state index is 13.2. The van der Waals surface area contributed by atoms with Gasteiger partial charge >= 0.3 is 11.9 Å². The summed E-state index contributed by atoms with van der Waals surface area (Å²) in [5.41, 5.74) is 1.47. The predicted molar refractivity (Wildman–Crippen MR) is 154 cm³/mol. The minimum Gasteiger partial charge on any atom is -0.493 e. The molecule has 2 aromatic carbocycles. The van der Waals surface area contributed by atoms with E-state index in [1.54, 1.807) is 51.1 Å². The minimum atomic E-state index is -0.666. The normalized spacial score (nSPS) is 10.9. The average Bonchev–Trinajstić information content (AvgIpc) is 3.30. The first-order chi connectivity index (χ1) is 20.1. The fourth-order valence-corrected chi connectivity index (χ4v) is 5.10. The van der Waals surface area contributed by atoms with Crippen LogP contribution in [0.1, 0.15) is 55.4 Å². The second kappa shape index (κ2) is 14.6. The molecule has 11 nitrogen and oxygen atoms in total. The third-order valence-electron chi connectivity index (χ3n) is 5.94. The summed E-state index contributed by atoms with van der Waals surface area (Å²) >= 11 is 0.962. The monoisotopic (exact) mass is 592 g/mol. The van der Waals surface area contributed by atoms with Crippen LogP contribution < -0.4 is 9.47 Å². The number of hydrogen-bond donors (Lipinski definition) is 0. The van der Waals surface area contributed by atoms with Crippen molar-refractivity contribution in [3.05, 3.63) is 90.2 Å². The molecule has 1 heterocycles. The quantitative estimate of drug-likeness (QED) is 0.0802. The lowest BCUT2D eigenvalue weighted by Crippen LogP contribution is -2.12. The first kappa shape index (κ1) is 31.5. The molecular formula is C30H28N2O9S. The van der Waals surface area contributed by atoms with E-state index in [0.717, 1.165) is 11.3 Å². The number of carbonyl (C=O) groups is 3. The first-order valence-electron chi connectivity index (χ1n) is 12.8. The first-order valence-corrected chi connectivity index (χ1v) is 13.6. The number of methoxy groups -OCH3 is 1. The van der Waals surface area contributed by atoms with E-state index in [4.69, 9.17) is 18.9 Å². The molecule has 218 valence electrons. The second-order valence-corrected chi connectivity index (χ2v) is 9.79. The molecule has 0 unspecified atom stereocenters. The summed E-state index contributed by atoms with van der Waals surface area (Å²) in [4.78, 5) is 49.1. The molecule has 12 heteroatoms. The number of thiophene rings is 1. The largest absolute Gasteiger partial charge is 0.493 e. The fourth-order valence-electron chi connectivity index (χ4n) is 3.91. The van der Waals surface area contributed by atoms with Crippen molar-refractivity contribution in [1.82, 2.24) is 0 Å². The number of non-ortho nitro benzene ring substituents is 1. The minimum absolute atomic E-state index is 0.0268. The summed E-state index contributed by atoms with van der Waals surface area (Å²) in [5.74, 6) is -1.10. The number of benzene rings is 2. The van der Waals surface area contributed by atoms with Crippen LogP contribution in [0.3, 0.4) is 0 Å². The van der Waals surface area contributed by atoms with Gasteiger partial charge in [-0.2, -0.15) is 5.26 Å². The molecule has 0 N–H and O–H groups in total. The van der Waals surface area contributed by atoms with Gasteiger partial charge in [-0.05, 0) is 67.8 Å². The third kappa shape index (κ3) is 7.58. The molecule has 0 radical (unpaired) electrons. The molecule has 0 bridgehead atoms. The van der Waals surface area contributed by atoms with Gasteiger partial charge in [-0.15, -0.1) is 11.3 Å². The third-order valence-corrected chi connectivity index (χ3v) is 7.21. The maximum Gasteiger partial charge on any atom is 0.348 e. The van der Waals surface area contributed by atoms with Crippen LogP contribution in [0.15, 0.2) is 48.0 Å². The van der Waals surface area contributed by atoms with Crippen molar-refractivity contribution in [3.8, 4) is 17.6 Å². The smallest absolute Gasteiger partial charge is 0.348 e. The zero-order valence-electron chi connectivity index (χ0n) is 23.4. The Morgan fingerprint density at radius 2 is 1.69 bits per heavy atom. The number of hydrogen-bond acceptors (Lipinski definition) is 11.